The van der Waals surface area contributed by atoms with Crippen LogP contribution in [0.5, 0.6) is 0 Å². The predicted molar refractivity (Wildman–Crippen MR) is 145 cm³/mol. The molecule has 7 N–H and O–H groups in total. The number of amides is 2. The third-order valence-corrected chi connectivity index (χ3v) is 9.94. The van der Waals surface area contributed by atoms with Crippen molar-refractivity contribution in [2.45, 2.75) is 22.1 Å². The Bertz CT molecular complexity index is 1300. The highest BCUT2D eigenvalue weighted by Gasteiger charge is 2.54. The van der Waals surface area contributed by atoms with E-state index in [9.17, 15) is 24.7 Å². The molecule has 2 aromatic rings. The number of nitrogens with zero attached hydrogens (tertiary/aromatic N) is 4. The minimum Gasteiger partial charge on any atom is -0.477 e. The van der Waals surface area contributed by atoms with Crippen LogP contribution >= 0.6 is 58.2 Å². The van der Waals surface area contributed by atoms with E-state index in [1.165, 1.54) is 23.5 Å². The summed E-state index contributed by atoms with van der Waals surface area (Å²) in [4.78, 5) is 48.5. The maximum atomic E-state index is 13.0. The molecule has 4 heterocycles. The first kappa shape index (κ1) is 27.5. The zero-order chi connectivity index (χ0) is 26.7. The lowest BCUT2D eigenvalue weighted by molar-refractivity contribution is -0.150. The Balaban J connectivity index is 1.52. The Kier molecular flexibility index (Phi) is 8.86. The fraction of sp³-hybridized carbons (Fsp3) is 0.300. The fourth-order valence-corrected chi connectivity index (χ4v) is 7.93. The van der Waals surface area contributed by atoms with Crippen molar-refractivity contribution in [3.8, 4) is 0 Å². The maximum Gasteiger partial charge on any atom is 0.353 e. The molecule has 17 heteroatoms. The van der Waals surface area contributed by atoms with E-state index in [2.05, 4.69) is 20.4 Å². The second-order valence-electron chi connectivity index (χ2n) is 7.49. The first-order valence-corrected chi connectivity index (χ1v) is 14.7. The smallest absolute Gasteiger partial charge is 0.353 e. The number of aliphatic carboxylic acids is 1. The van der Waals surface area contributed by atoms with Crippen molar-refractivity contribution in [3.05, 3.63) is 44.7 Å². The van der Waals surface area contributed by atoms with Crippen LogP contribution in [0.3, 0.4) is 0 Å². The van der Waals surface area contributed by atoms with E-state index in [1.54, 1.807) is 24.2 Å². The number of nitrogens with one attached hydrogen (secondary N) is 1. The first-order chi connectivity index (χ1) is 17.8. The summed E-state index contributed by atoms with van der Waals surface area (Å²) in [5.41, 5.74) is 11.4. The minimum atomic E-state index is -1.25. The van der Waals surface area contributed by atoms with Gasteiger partial charge in [0.05, 0.1) is 0 Å². The Labute approximate surface area is 232 Å². The summed E-state index contributed by atoms with van der Waals surface area (Å²) < 4.78 is 0.0445. The van der Waals surface area contributed by atoms with Crippen molar-refractivity contribution in [2.24, 2.45) is 10.9 Å². The van der Waals surface area contributed by atoms with Gasteiger partial charge in [0.1, 0.15) is 27.1 Å². The summed E-state index contributed by atoms with van der Waals surface area (Å²) in [5, 5.41) is 24.2. The number of carboxylic acid groups (broad SMARTS) is 1. The van der Waals surface area contributed by atoms with Gasteiger partial charge in [0.25, 0.3) is 11.8 Å². The lowest BCUT2D eigenvalue weighted by atomic mass is 10.0. The molecule has 2 aliphatic heterocycles. The summed E-state index contributed by atoms with van der Waals surface area (Å²) in [6.45, 7) is 0.551. The number of nitrogens with two attached hydrogens (primary N) is 2. The van der Waals surface area contributed by atoms with Crippen molar-refractivity contribution in [1.82, 2.24) is 20.2 Å². The van der Waals surface area contributed by atoms with Crippen LogP contribution in [0.25, 0.3) is 0 Å². The quantitative estimate of drug-likeness (QED) is 0.0868. The first-order valence-electron chi connectivity index (χ1n) is 10.5. The number of nitrogen functional groups attached to an aromatic ring is 1. The summed E-state index contributed by atoms with van der Waals surface area (Å²) in [6.07, 6.45) is 3.34. The van der Waals surface area contributed by atoms with Crippen LogP contribution in [-0.2, 0) is 20.1 Å². The van der Waals surface area contributed by atoms with Crippen molar-refractivity contribution in [1.29, 1.82) is 0 Å². The molecule has 2 atom stereocenters. The SMILES string of the molecule is NCCSCc1ccncc1SC1=C(C(=O)O)N2C(=O)[C@@H](NC(=O)/C(=N\O)c3nc(N)sc3Cl)[C@@H]2SC1. The average molecular weight is 602 g/mol. The van der Waals surface area contributed by atoms with Crippen LogP contribution in [-0.4, -0.2) is 78.1 Å². The van der Waals surface area contributed by atoms with E-state index >= 15 is 0 Å². The molecule has 0 spiro atoms. The van der Waals surface area contributed by atoms with Gasteiger partial charge in [-0.05, 0) is 11.6 Å². The molecule has 0 bridgehead atoms. The lowest BCUT2D eigenvalue weighted by Gasteiger charge is -2.49. The van der Waals surface area contributed by atoms with Crippen molar-refractivity contribution >= 4 is 86.9 Å². The molecule has 0 unspecified atom stereocenters. The van der Waals surface area contributed by atoms with Gasteiger partial charge in [-0.25, -0.2) is 9.78 Å². The van der Waals surface area contributed by atoms with Gasteiger partial charge < -0.3 is 27.1 Å². The molecular formula is C20H20ClN7O5S4. The number of carbonyl (C=O) groups excluding carboxylic acids is 2. The van der Waals surface area contributed by atoms with Gasteiger partial charge in [0.2, 0.25) is 0 Å². The molecule has 0 aromatic carbocycles. The number of β-lactam (4-membered cyclic amide) rings is 1. The fourth-order valence-electron chi connectivity index (χ4n) is 3.56. The molecule has 2 aromatic heterocycles. The lowest BCUT2D eigenvalue weighted by Crippen LogP contribution is -2.71. The zero-order valence-corrected chi connectivity index (χ0v) is 22.8. The van der Waals surface area contributed by atoms with Gasteiger partial charge in [-0.1, -0.05) is 39.9 Å². The molecule has 1 fully saturated rings. The highest BCUT2D eigenvalue weighted by molar-refractivity contribution is 8.06. The number of hydrogen-bond acceptors (Lipinski definition) is 13. The van der Waals surface area contributed by atoms with E-state index in [-0.39, 0.29) is 20.9 Å². The maximum absolute atomic E-state index is 13.0. The molecule has 12 nitrogen and oxygen atoms in total. The number of pyridine rings is 1. The number of carbonyl (C=O) groups is 3. The van der Waals surface area contributed by atoms with Crippen molar-refractivity contribution in [3.63, 3.8) is 0 Å². The molecule has 0 aliphatic carbocycles. The van der Waals surface area contributed by atoms with E-state index < -0.39 is 34.9 Å². The molecule has 0 radical (unpaired) electrons. The van der Waals surface area contributed by atoms with Crippen LogP contribution < -0.4 is 16.8 Å². The summed E-state index contributed by atoms with van der Waals surface area (Å²) >= 11 is 11.1. The second kappa shape index (κ2) is 11.9. The Morgan fingerprint density at radius 1 is 1.41 bits per heavy atom. The number of halogens is 1. The van der Waals surface area contributed by atoms with Crippen LogP contribution in [0.4, 0.5) is 5.13 Å². The van der Waals surface area contributed by atoms with Crippen LogP contribution in [0.2, 0.25) is 4.34 Å². The molecular weight excluding hydrogens is 582 g/mol. The number of anilines is 1. The number of carboxylic acids is 1. The topological polar surface area (TPSA) is 197 Å². The van der Waals surface area contributed by atoms with Crippen molar-refractivity contribution in [2.75, 3.05) is 23.8 Å². The predicted octanol–water partition coefficient (Wildman–Crippen LogP) is 1.63. The standard InChI is InChI=1S/C20H20ClN7O5S4/c21-15-11(26-20(23)37-15)12(27-33)16(29)25-13-17(30)28-14(19(31)32)10(7-35-18(13)28)36-9-5-24-3-1-8(9)6-34-4-2-22/h1,3,5,13,18,33H,2,4,6-7,22H2,(H2,23,26)(H,25,29)(H,31,32)/b27-12-/t13-,18+/m1/s1. The number of oxime groups is 1. The monoisotopic (exact) mass is 601 g/mol. The normalized spacial score (nSPS) is 19.5. The van der Waals surface area contributed by atoms with Gasteiger partial charge in [-0.2, -0.15) is 11.8 Å². The largest absolute Gasteiger partial charge is 0.477 e. The summed E-state index contributed by atoms with van der Waals surface area (Å²) in [7, 11) is 0. The number of rotatable bonds is 10. The molecule has 2 amide bonds. The van der Waals surface area contributed by atoms with Crippen LogP contribution in [0.15, 0.2) is 39.1 Å². The zero-order valence-electron chi connectivity index (χ0n) is 18.8. The molecule has 196 valence electrons. The molecule has 4 rings (SSSR count). The number of aromatic nitrogens is 2. The van der Waals surface area contributed by atoms with E-state index in [1.807, 2.05) is 6.07 Å². The molecule has 37 heavy (non-hydrogen) atoms. The third-order valence-electron chi connectivity index (χ3n) is 5.19. The average Bonchev–Trinajstić information content (AvgIpc) is 3.20. The highest BCUT2D eigenvalue weighted by Crippen LogP contribution is 2.45. The molecule has 0 saturated carbocycles. The number of thiazole rings is 1. The van der Waals surface area contributed by atoms with Gasteiger partial charge in [-0.15, -0.1) is 11.8 Å². The number of thioether (sulfide) groups is 3. The van der Waals surface area contributed by atoms with E-state index in [0.29, 0.717) is 23.0 Å². The third kappa shape index (κ3) is 5.68. The Morgan fingerprint density at radius 2 is 2.19 bits per heavy atom. The minimum absolute atomic E-state index is 0.0445. The van der Waals surface area contributed by atoms with Gasteiger partial charge in [0, 0.05) is 46.0 Å². The van der Waals surface area contributed by atoms with Gasteiger partial charge in [0.15, 0.2) is 10.8 Å². The second-order valence-corrected chi connectivity index (χ2v) is 12.5. The van der Waals surface area contributed by atoms with E-state index in [4.69, 9.17) is 23.1 Å². The molecule has 1 saturated heterocycles. The van der Waals surface area contributed by atoms with Gasteiger partial charge >= 0.3 is 5.97 Å². The summed E-state index contributed by atoms with van der Waals surface area (Å²) in [6, 6.07) is 0.834. The summed E-state index contributed by atoms with van der Waals surface area (Å²) in [5.74, 6) is -0.985. The number of hydrogen-bond donors (Lipinski definition) is 5. The van der Waals surface area contributed by atoms with Gasteiger partial charge in [-0.3, -0.25) is 19.5 Å². The Hall–Kier alpha value is -2.50. The van der Waals surface area contributed by atoms with Crippen molar-refractivity contribution < 1.29 is 24.7 Å². The van der Waals surface area contributed by atoms with Crippen LogP contribution in [0, 0.1) is 0 Å². The number of fused-ring (bicyclic) bond motifs is 1. The van der Waals surface area contributed by atoms with Crippen LogP contribution in [0.1, 0.15) is 11.3 Å². The van der Waals surface area contributed by atoms with E-state index in [0.717, 1.165) is 32.4 Å². The highest BCUT2D eigenvalue weighted by atomic mass is 35.5. The Morgan fingerprint density at radius 3 is 2.84 bits per heavy atom. The molecule has 2 aliphatic rings.